The second-order valence-corrected chi connectivity index (χ2v) is 6.14. The molecule has 0 radical (unpaired) electrons. The summed E-state index contributed by atoms with van der Waals surface area (Å²) in [4.78, 5) is 13.3. The smallest absolute Gasteiger partial charge is 0.209 e. The molecule has 0 saturated heterocycles. The zero-order valence-corrected chi connectivity index (χ0v) is 14.5. The average Bonchev–Trinajstić information content (AvgIpc) is 2.49. The van der Waals surface area contributed by atoms with Gasteiger partial charge in [-0.1, -0.05) is 37.0 Å². The molecule has 0 aliphatic carbocycles. The van der Waals surface area contributed by atoms with Crippen molar-refractivity contribution >= 4 is 35.0 Å². The van der Waals surface area contributed by atoms with E-state index in [-0.39, 0.29) is 18.0 Å². The molecule has 0 N–H and O–H groups in total. The summed E-state index contributed by atoms with van der Waals surface area (Å²) in [7, 11) is 3.20. The summed E-state index contributed by atoms with van der Waals surface area (Å²) < 4.78 is 10.8. The number of aromatic nitrogens is 1. The van der Waals surface area contributed by atoms with E-state index in [1.54, 1.807) is 26.5 Å². The van der Waals surface area contributed by atoms with Gasteiger partial charge < -0.3 is 9.47 Å². The van der Waals surface area contributed by atoms with Gasteiger partial charge in [0.15, 0.2) is 0 Å². The van der Waals surface area contributed by atoms with E-state index in [1.165, 1.54) is 0 Å². The molecule has 22 heavy (non-hydrogen) atoms. The molecule has 2 atom stereocenters. The second-order valence-electron chi connectivity index (χ2n) is 5.35. The van der Waals surface area contributed by atoms with Crippen molar-refractivity contribution < 1.29 is 9.47 Å². The third kappa shape index (κ3) is 3.70. The minimum atomic E-state index is -0.282. The molecule has 2 unspecified atom stereocenters. The Kier molecular flexibility index (Phi) is 5.64. The number of hydrogen-bond donors (Lipinski definition) is 0. The van der Waals surface area contributed by atoms with Gasteiger partial charge in [0, 0.05) is 17.6 Å². The van der Waals surface area contributed by atoms with Gasteiger partial charge in [0.25, 0.3) is 0 Å². The maximum absolute atomic E-state index is 6.20. The summed E-state index contributed by atoms with van der Waals surface area (Å²) in [6, 6.07) is 1.20. The van der Waals surface area contributed by atoms with Crippen LogP contribution in [0.2, 0.25) is 10.2 Å². The molecule has 2 heterocycles. The molecule has 1 aromatic heterocycles. The minimum absolute atomic E-state index is 0.130. The van der Waals surface area contributed by atoms with E-state index < -0.39 is 0 Å². The normalized spacial score (nSPS) is 21.4. The predicted octanol–water partition coefficient (Wildman–Crippen LogP) is 3.43. The van der Waals surface area contributed by atoms with Gasteiger partial charge in [-0.05, 0) is 17.5 Å². The van der Waals surface area contributed by atoms with Gasteiger partial charge in [-0.2, -0.15) is 0 Å². The number of rotatable bonds is 3. The molecule has 0 fully saturated rings. The SMILES string of the molecule is COC1=NC(C(C)C)C(OC)=NC1Cc1cnc(Cl)cc1Cl. The van der Waals surface area contributed by atoms with Crippen LogP contribution in [0, 0.1) is 5.92 Å². The van der Waals surface area contributed by atoms with E-state index in [2.05, 4.69) is 28.8 Å². The molecule has 1 aromatic rings. The standard InChI is InChI=1S/C15H19Cl2N3O2/c1-8(2)13-15(22-4)19-11(14(20-13)21-3)5-9-7-18-12(17)6-10(9)16/h6-8,11,13H,5H2,1-4H3. The third-order valence-corrected chi connectivity index (χ3v) is 4.01. The first-order valence-electron chi connectivity index (χ1n) is 6.99. The lowest BCUT2D eigenvalue weighted by molar-refractivity contribution is 0.332. The van der Waals surface area contributed by atoms with Crippen LogP contribution in [-0.2, 0) is 15.9 Å². The minimum Gasteiger partial charge on any atom is -0.483 e. The lowest BCUT2D eigenvalue weighted by Gasteiger charge is -2.27. The van der Waals surface area contributed by atoms with Crippen LogP contribution in [0.15, 0.2) is 22.2 Å². The van der Waals surface area contributed by atoms with Crippen molar-refractivity contribution in [3.8, 4) is 0 Å². The summed E-state index contributed by atoms with van der Waals surface area (Å²) in [5, 5.41) is 0.912. The van der Waals surface area contributed by atoms with Crippen LogP contribution < -0.4 is 0 Å². The van der Waals surface area contributed by atoms with Gasteiger partial charge in [0.1, 0.15) is 17.2 Å². The fourth-order valence-corrected chi connectivity index (χ4v) is 2.73. The highest BCUT2D eigenvalue weighted by molar-refractivity contribution is 6.34. The topological polar surface area (TPSA) is 56.1 Å². The summed E-state index contributed by atoms with van der Waals surface area (Å²) in [5.74, 6) is 1.45. The number of halogens is 2. The first-order chi connectivity index (χ1) is 10.5. The van der Waals surface area contributed by atoms with Gasteiger partial charge in [0.05, 0.1) is 14.2 Å². The Morgan fingerprint density at radius 1 is 1.14 bits per heavy atom. The van der Waals surface area contributed by atoms with E-state index in [0.29, 0.717) is 28.4 Å². The van der Waals surface area contributed by atoms with E-state index in [1.807, 2.05) is 0 Å². The van der Waals surface area contributed by atoms with E-state index in [9.17, 15) is 0 Å². The maximum Gasteiger partial charge on any atom is 0.209 e. The largest absolute Gasteiger partial charge is 0.483 e. The molecule has 0 spiro atoms. The predicted molar refractivity (Wildman–Crippen MR) is 89.3 cm³/mol. The number of methoxy groups -OCH3 is 2. The van der Waals surface area contributed by atoms with Crippen LogP contribution in [0.1, 0.15) is 19.4 Å². The summed E-state index contributed by atoms with van der Waals surface area (Å²) in [6.07, 6.45) is 2.17. The Morgan fingerprint density at radius 3 is 2.36 bits per heavy atom. The van der Waals surface area contributed by atoms with E-state index in [4.69, 9.17) is 32.7 Å². The monoisotopic (exact) mass is 343 g/mol. The van der Waals surface area contributed by atoms with Crippen LogP contribution in [0.4, 0.5) is 0 Å². The van der Waals surface area contributed by atoms with E-state index in [0.717, 1.165) is 5.56 Å². The molecule has 120 valence electrons. The summed E-state index contributed by atoms with van der Waals surface area (Å²) >= 11 is 12.0. The highest BCUT2D eigenvalue weighted by Crippen LogP contribution is 2.24. The third-order valence-electron chi connectivity index (χ3n) is 3.45. The van der Waals surface area contributed by atoms with Gasteiger partial charge in [0.2, 0.25) is 11.8 Å². The van der Waals surface area contributed by atoms with Crippen molar-refractivity contribution in [3.05, 3.63) is 28.0 Å². The Labute approximate surface area is 140 Å². The van der Waals surface area contributed by atoms with Crippen molar-refractivity contribution in [1.82, 2.24) is 4.98 Å². The number of pyridine rings is 1. The molecule has 5 nitrogen and oxygen atoms in total. The highest BCUT2D eigenvalue weighted by Gasteiger charge is 2.31. The molecule has 0 saturated carbocycles. The number of ether oxygens (including phenoxy) is 2. The maximum atomic E-state index is 6.20. The molecule has 0 bridgehead atoms. The Morgan fingerprint density at radius 2 is 1.82 bits per heavy atom. The molecule has 0 aromatic carbocycles. The zero-order valence-electron chi connectivity index (χ0n) is 13.0. The molecule has 2 rings (SSSR count). The average molecular weight is 344 g/mol. The molecule has 1 aliphatic rings. The highest BCUT2D eigenvalue weighted by atomic mass is 35.5. The fraction of sp³-hybridized carbons (Fsp3) is 0.533. The number of nitrogens with zero attached hydrogens (tertiary/aromatic N) is 3. The van der Waals surface area contributed by atoms with Gasteiger partial charge >= 0.3 is 0 Å². The first-order valence-corrected chi connectivity index (χ1v) is 7.75. The van der Waals surface area contributed by atoms with Crippen LogP contribution in [-0.4, -0.2) is 43.1 Å². The molecule has 0 amide bonds. The fourth-order valence-electron chi connectivity index (χ4n) is 2.29. The molecular formula is C15H19Cl2N3O2. The van der Waals surface area contributed by atoms with E-state index >= 15 is 0 Å². The van der Waals surface area contributed by atoms with Gasteiger partial charge in [-0.3, -0.25) is 0 Å². The Hall–Kier alpha value is -1.33. The van der Waals surface area contributed by atoms with Crippen LogP contribution in [0.3, 0.4) is 0 Å². The molecular weight excluding hydrogens is 325 g/mol. The van der Waals surface area contributed by atoms with Crippen molar-refractivity contribution in [3.63, 3.8) is 0 Å². The number of hydrogen-bond acceptors (Lipinski definition) is 5. The van der Waals surface area contributed by atoms with Gasteiger partial charge in [-0.25, -0.2) is 15.0 Å². The van der Waals surface area contributed by atoms with Gasteiger partial charge in [-0.15, -0.1) is 0 Å². The van der Waals surface area contributed by atoms with Crippen LogP contribution in [0.25, 0.3) is 0 Å². The molecule has 7 heteroatoms. The quantitative estimate of drug-likeness (QED) is 0.790. The van der Waals surface area contributed by atoms with Crippen molar-refractivity contribution in [2.75, 3.05) is 14.2 Å². The van der Waals surface area contributed by atoms with Crippen LogP contribution >= 0.6 is 23.2 Å². The summed E-state index contributed by atoms with van der Waals surface area (Å²) in [5.41, 5.74) is 0.836. The lowest BCUT2D eigenvalue weighted by atomic mass is 10.0. The molecule has 1 aliphatic heterocycles. The zero-order chi connectivity index (χ0) is 16.3. The van der Waals surface area contributed by atoms with Crippen molar-refractivity contribution in [2.45, 2.75) is 32.4 Å². The lowest BCUT2D eigenvalue weighted by Crippen LogP contribution is -2.38. The van der Waals surface area contributed by atoms with Crippen molar-refractivity contribution in [1.29, 1.82) is 0 Å². The Balaban J connectivity index is 2.29. The van der Waals surface area contributed by atoms with Crippen LogP contribution in [0.5, 0.6) is 0 Å². The second kappa shape index (κ2) is 7.29. The number of aliphatic imine (C=N–C) groups is 2. The van der Waals surface area contributed by atoms with Crippen molar-refractivity contribution in [2.24, 2.45) is 15.9 Å². The summed E-state index contributed by atoms with van der Waals surface area (Å²) in [6.45, 7) is 4.13. The Bertz CT molecular complexity index is 602. The first kappa shape index (κ1) is 17.0.